The minimum atomic E-state index is -3.49. The summed E-state index contributed by atoms with van der Waals surface area (Å²) in [6, 6.07) is 6.62. The topological polar surface area (TPSA) is 75.3 Å². The maximum Gasteiger partial charge on any atom is 0.240 e. The van der Waals surface area contributed by atoms with E-state index in [0.29, 0.717) is 6.42 Å². The fourth-order valence-corrected chi connectivity index (χ4v) is 3.10. The van der Waals surface area contributed by atoms with Crippen molar-refractivity contribution < 1.29 is 12.6 Å². The largest absolute Gasteiger partial charge is 0.385 e. The van der Waals surface area contributed by atoms with Gasteiger partial charge in [0.1, 0.15) is 0 Å². The van der Waals surface area contributed by atoms with E-state index in [4.69, 9.17) is 0 Å². The molecule has 0 saturated heterocycles. The van der Waals surface area contributed by atoms with Crippen LogP contribution in [-0.4, -0.2) is 37.2 Å². The molecule has 0 heterocycles. The predicted octanol–water partition coefficient (Wildman–Crippen LogP) is 1.55. The molecule has 0 saturated carbocycles. The lowest BCUT2D eigenvalue weighted by Gasteiger charge is -2.10. The molecule has 2 N–H and O–H groups in total. The summed E-state index contributed by atoms with van der Waals surface area (Å²) in [5.74, 6) is 0. The first-order valence-corrected chi connectivity index (χ1v) is 9.63. The predicted molar refractivity (Wildman–Crippen MR) is 83.9 cm³/mol. The molecule has 0 spiro atoms. The first-order chi connectivity index (χ1) is 9.36. The number of hydrogen-bond acceptors (Lipinski definition) is 4. The number of nitrogens with one attached hydrogen (secondary N) is 2. The zero-order valence-electron chi connectivity index (χ0n) is 12.0. The maximum absolute atomic E-state index is 12.0. The second-order valence-electron chi connectivity index (χ2n) is 4.55. The molecule has 0 radical (unpaired) electrons. The Morgan fingerprint density at radius 1 is 1.25 bits per heavy atom. The van der Waals surface area contributed by atoms with E-state index in [0.717, 1.165) is 12.2 Å². The molecule has 1 aromatic rings. The van der Waals surface area contributed by atoms with Gasteiger partial charge in [-0.15, -0.1) is 0 Å². The minimum absolute atomic E-state index is 0.0196. The molecule has 0 aliphatic carbocycles. The van der Waals surface area contributed by atoms with E-state index in [2.05, 4.69) is 10.0 Å². The molecule has 1 aromatic carbocycles. The van der Waals surface area contributed by atoms with Crippen molar-refractivity contribution >= 4 is 26.5 Å². The van der Waals surface area contributed by atoms with Gasteiger partial charge in [0.15, 0.2) is 0 Å². The summed E-state index contributed by atoms with van der Waals surface area (Å²) in [4.78, 5) is 0.240. The Morgan fingerprint density at radius 2 is 1.85 bits per heavy atom. The Labute approximate surface area is 123 Å². The maximum atomic E-state index is 12.0. The highest BCUT2D eigenvalue weighted by atomic mass is 32.2. The molecule has 1 rings (SSSR count). The summed E-state index contributed by atoms with van der Waals surface area (Å²) < 4.78 is 37.8. The average Bonchev–Trinajstić information content (AvgIpc) is 2.39. The van der Waals surface area contributed by atoms with Crippen LogP contribution in [0.3, 0.4) is 0 Å². The summed E-state index contributed by atoms with van der Waals surface area (Å²) in [6.45, 7) is 4.90. The second kappa shape index (κ2) is 7.75. The van der Waals surface area contributed by atoms with Gasteiger partial charge < -0.3 is 5.32 Å². The molecule has 0 amide bonds. The zero-order chi connectivity index (χ0) is 15.2. The standard InChI is InChI=1S/C13H22N2O3S2/c1-4-14-12-5-7-13(8-6-12)20(17,18)15-10-9-11(2)19(3)16/h5-8,11,14-15H,4,9-10H2,1-3H3. The Hall–Kier alpha value is -0.920. The zero-order valence-corrected chi connectivity index (χ0v) is 13.7. The first kappa shape index (κ1) is 17.1. The molecule has 0 bridgehead atoms. The fourth-order valence-electron chi connectivity index (χ4n) is 1.60. The van der Waals surface area contributed by atoms with Gasteiger partial charge in [0.2, 0.25) is 10.0 Å². The molecule has 0 aliphatic rings. The van der Waals surface area contributed by atoms with E-state index >= 15 is 0 Å². The average molecular weight is 318 g/mol. The van der Waals surface area contributed by atoms with Gasteiger partial charge >= 0.3 is 0 Å². The first-order valence-electron chi connectivity index (χ1n) is 6.52. The van der Waals surface area contributed by atoms with E-state index in [1.807, 2.05) is 13.8 Å². The number of hydrogen-bond donors (Lipinski definition) is 2. The Kier molecular flexibility index (Phi) is 6.64. The lowest BCUT2D eigenvalue weighted by atomic mass is 10.3. The quantitative estimate of drug-likeness (QED) is 0.762. The van der Waals surface area contributed by atoms with Crippen molar-refractivity contribution in [2.45, 2.75) is 30.4 Å². The lowest BCUT2D eigenvalue weighted by molar-refractivity contribution is 0.578. The van der Waals surface area contributed by atoms with Gasteiger partial charge in [-0.25, -0.2) is 13.1 Å². The van der Waals surface area contributed by atoms with Crippen LogP contribution in [0.1, 0.15) is 20.3 Å². The third-order valence-electron chi connectivity index (χ3n) is 2.96. The van der Waals surface area contributed by atoms with Gasteiger partial charge in [0.05, 0.1) is 4.90 Å². The molecule has 0 aromatic heterocycles. The van der Waals surface area contributed by atoms with E-state index in [1.54, 1.807) is 30.5 Å². The summed E-state index contributed by atoms with van der Waals surface area (Å²) in [7, 11) is -4.42. The van der Waals surface area contributed by atoms with Gasteiger partial charge in [0.25, 0.3) is 0 Å². The highest BCUT2D eigenvalue weighted by Gasteiger charge is 2.14. The van der Waals surface area contributed by atoms with Crippen LogP contribution in [0.15, 0.2) is 29.2 Å². The highest BCUT2D eigenvalue weighted by molar-refractivity contribution is 7.89. The third-order valence-corrected chi connectivity index (χ3v) is 5.80. The van der Waals surface area contributed by atoms with Crippen LogP contribution in [0.5, 0.6) is 0 Å². The summed E-state index contributed by atoms with van der Waals surface area (Å²) in [5, 5.41) is 3.09. The van der Waals surface area contributed by atoms with E-state index in [9.17, 15) is 12.6 Å². The van der Waals surface area contributed by atoms with Crippen LogP contribution >= 0.6 is 0 Å². The molecule has 2 unspecified atom stereocenters. The third kappa shape index (κ3) is 5.22. The molecule has 7 heteroatoms. The normalized spacial score (nSPS) is 14.8. The molecule has 0 aliphatic heterocycles. The number of sulfonamides is 1. The summed E-state index contributed by atoms with van der Waals surface area (Å²) in [5.41, 5.74) is 0.890. The molecule has 5 nitrogen and oxygen atoms in total. The molecular formula is C13H22N2O3S2. The summed E-state index contributed by atoms with van der Waals surface area (Å²) >= 11 is 0. The van der Waals surface area contributed by atoms with Crippen molar-refractivity contribution in [3.63, 3.8) is 0 Å². The minimum Gasteiger partial charge on any atom is -0.385 e. The van der Waals surface area contributed by atoms with Crippen molar-refractivity contribution in [3.8, 4) is 0 Å². The van der Waals surface area contributed by atoms with Gasteiger partial charge in [-0.05, 0) is 37.6 Å². The van der Waals surface area contributed by atoms with Crippen molar-refractivity contribution in [3.05, 3.63) is 24.3 Å². The SMILES string of the molecule is CCNc1ccc(S(=O)(=O)NCCC(C)S(C)=O)cc1. The second-order valence-corrected chi connectivity index (χ2v) is 8.12. The van der Waals surface area contributed by atoms with Crippen molar-refractivity contribution in [2.24, 2.45) is 0 Å². The Morgan fingerprint density at radius 3 is 2.35 bits per heavy atom. The van der Waals surface area contributed by atoms with Gasteiger partial charge in [-0.2, -0.15) is 0 Å². The van der Waals surface area contributed by atoms with Crippen molar-refractivity contribution in [1.82, 2.24) is 4.72 Å². The number of rotatable bonds is 8. The Balaban J connectivity index is 2.62. The highest BCUT2D eigenvalue weighted by Crippen LogP contribution is 2.13. The molecular weight excluding hydrogens is 296 g/mol. The van der Waals surface area contributed by atoms with Crippen LogP contribution in [0.4, 0.5) is 5.69 Å². The molecule has 2 atom stereocenters. The Bertz CT molecular complexity index is 541. The number of anilines is 1. The molecule has 20 heavy (non-hydrogen) atoms. The summed E-state index contributed by atoms with van der Waals surface area (Å²) in [6.07, 6.45) is 2.18. The van der Waals surface area contributed by atoms with E-state index in [-0.39, 0.29) is 16.7 Å². The smallest absolute Gasteiger partial charge is 0.240 e. The van der Waals surface area contributed by atoms with Crippen molar-refractivity contribution in [2.75, 3.05) is 24.7 Å². The van der Waals surface area contributed by atoms with E-state index < -0.39 is 20.8 Å². The lowest BCUT2D eigenvalue weighted by Crippen LogP contribution is -2.27. The van der Waals surface area contributed by atoms with Crippen LogP contribution in [0, 0.1) is 0 Å². The van der Waals surface area contributed by atoms with Gasteiger partial charge in [-0.1, -0.05) is 6.92 Å². The fraction of sp³-hybridized carbons (Fsp3) is 0.538. The van der Waals surface area contributed by atoms with Crippen LogP contribution in [-0.2, 0) is 20.8 Å². The molecule has 0 fully saturated rings. The van der Waals surface area contributed by atoms with Crippen LogP contribution in [0.25, 0.3) is 0 Å². The number of benzene rings is 1. The monoisotopic (exact) mass is 318 g/mol. The molecule has 114 valence electrons. The van der Waals surface area contributed by atoms with E-state index in [1.165, 1.54) is 0 Å². The van der Waals surface area contributed by atoms with Gasteiger partial charge in [-0.3, -0.25) is 4.21 Å². The van der Waals surface area contributed by atoms with Gasteiger partial charge in [0, 0.05) is 41.1 Å². The van der Waals surface area contributed by atoms with Crippen LogP contribution in [0.2, 0.25) is 0 Å². The van der Waals surface area contributed by atoms with Crippen LogP contribution < -0.4 is 10.0 Å². The van der Waals surface area contributed by atoms with Crippen molar-refractivity contribution in [1.29, 1.82) is 0 Å².